The fraction of sp³-hybridized carbons (Fsp3) is 0.909. The van der Waals surface area contributed by atoms with Crippen molar-refractivity contribution in [1.82, 2.24) is 5.32 Å². The third-order valence-corrected chi connectivity index (χ3v) is 2.24. The van der Waals surface area contributed by atoms with Gasteiger partial charge in [0.25, 0.3) is 0 Å². The number of carbonyl (C=O) groups excluding carboxylic acids is 1. The van der Waals surface area contributed by atoms with Crippen molar-refractivity contribution in [2.45, 2.75) is 18.9 Å². The molecule has 0 aromatic carbocycles. The maximum absolute atomic E-state index is 11.4. The van der Waals surface area contributed by atoms with Crippen molar-refractivity contribution in [3.63, 3.8) is 0 Å². The minimum Gasteiger partial charge on any atom is -0.382 e. The van der Waals surface area contributed by atoms with Gasteiger partial charge in [-0.3, -0.25) is 4.79 Å². The second-order valence-electron chi connectivity index (χ2n) is 3.56. The van der Waals surface area contributed by atoms with Gasteiger partial charge in [0.05, 0.1) is 13.2 Å². The highest BCUT2D eigenvalue weighted by Gasteiger charge is 2.14. The third-order valence-electron chi connectivity index (χ3n) is 2.24. The van der Waals surface area contributed by atoms with E-state index in [1.807, 2.05) is 0 Å². The maximum atomic E-state index is 11.4. The molecule has 0 aliphatic rings. The zero-order valence-electron chi connectivity index (χ0n) is 10.7. The summed E-state index contributed by atoms with van der Waals surface area (Å²) in [5.74, 6) is -0.157. The standard InChI is InChI=1S/C11H24N2O4/c1-15-7-8-17-6-4-3-5-13-11(14)10(9-12)16-2/h10H,3-9,12H2,1-2H3,(H,13,14). The number of carbonyl (C=O) groups is 1. The molecule has 0 bridgehead atoms. The van der Waals surface area contributed by atoms with Gasteiger partial charge in [-0.2, -0.15) is 0 Å². The van der Waals surface area contributed by atoms with E-state index in [0.29, 0.717) is 26.4 Å². The van der Waals surface area contributed by atoms with E-state index in [2.05, 4.69) is 5.32 Å². The van der Waals surface area contributed by atoms with Crippen LogP contribution in [0.15, 0.2) is 0 Å². The predicted molar refractivity (Wildman–Crippen MR) is 64.8 cm³/mol. The lowest BCUT2D eigenvalue weighted by Crippen LogP contribution is -2.40. The average Bonchev–Trinajstić information content (AvgIpc) is 2.34. The fourth-order valence-corrected chi connectivity index (χ4v) is 1.21. The number of ether oxygens (including phenoxy) is 3. The molecule has 0 aliphatic heterocycles. The Hall–Kier alpha value is -0.690. The topological polar surface area (TPSA) is 82.8 Å². The summed E-state index contributed by atoms with van der Waals surface area (Å²) < 4.78 is 15.0. The molecule has 17 heavy (non-hydrogen) atoms. The van der Waals surface area contributed by atoms with Crippen LogP contribution in [-0.4, -0.2) is 59.1 Å². The van der Waals surface area contributed by atoms with Crippen molar-refractivity contribution in [2.75, 3.05) is 47.1 Å². The Morgan fingerprint density at radius 3 is 2.59 bits per heavy atom. The second kappa shape index (κ2) is 11.8. The van der Waals surface area contributed by atoms with Gasteiger partial charge in [0.15, 0.2) is 0 Å². The van der Waals surface area contributed by atoms with E-state index >= 15 is 0 Å². The number of hydrogen-bond donors (Lipinski definition) is 2. The highest BCUT2D eigenvalue weighted by molar-refractivity contribution is 5.80. The SMILES string of the molecule is COCCOCCCCNC(=O)C(CN)OC. The van der Waals surface area contributed by atoms with Gasteiger partial charge in [-0.1, -0.05) is 0 Å². The van der Waals surface area contributed by atoms with E-state index in [9.17, 15) is 4.79 Å². The number of nitrogens with two attached hydrogens (primary N) is 1. The van der Waals surface area contributed by atoms with Crippen LogP contribution in [0.25, 0.3) is 0 Å². The van der Waals surface area contributed by atoms with E-state index in [1.165, 1.54) is 7.11 Å². The van der Waals surface area contributed by atoms with Crippen LogP contribution >= 0.6 is 0 Å². The quantitative estimate of drug-likeness (QED) is 0.483. The van der Waals surface area contributed by atoms with Crippen LogP contribution in [-0.2, 0) is 19.0 Å². The number of unbranched alkanes of at least 4 members (excludes halogenated alkanes) is 1. The van der Waals surface area contributed by atoms with Gasteiger partial charge in [-0.25, -0.2) is 0 Å². The second-order valence-corrected chi connectivity index (χ2v) is 3.56. The first-order valence-corrected chi connectivity index (χ1v) is 5.83. The monoisotopic (exact) mass is 248 g/mol. The Morgan fingerprint density at radius 2 is 2.00 bits per heavy atom. The zero-order valence-corrected chi connectivity index (χ0v) is 10.7. The van der Waals surface area contributed by atoms with Crippen molar-refractivity contribution in [2.24, 2.45) is 5.73 Å². The summed E-state index contributed by atoms with van der Waals surface area (Å²) in [6, 6.07) is 0. The van der Waals surface area contributed by atoms with E-state index in [-0.39, 0.29) is 12.5 Å². The number of methoxy groups -OCH3 is 2. The third kappa shape index (κ3) is 9.05. The zero-order chi connectivity index (χ0) is 12.9. The molecular weight excluding hydrogens is 224 g/mol. The van der Waals surface area contributed by atoms with Crippen LogP contribution in [0.3, 0.4) is 0 Å². The van der Waals surface area contributed by atoms with Crippen molar-refractivity contribution in [3.8, 4) is 0 Å². The Bertz CT molecular complexity index is 186. The molecule has 1 amide bonds. The summed E-state index contributed by atoms with van der Waals surface area (Å²) in [6.07, 6.45) is 1.23. The Morgan fingerprint density at radius 1 is 1.24 bits per heavy atom. The molecule has 0 fully saturated rings. The molecule has 6 heteroatoms. The lowest BCUT2D eigenvalue weighted by molar-refractivity contribution is -0.130. The highest BCUT2D eigenvalue weighted by Crippen LogP contribution is 1.91. The van der Waals surface area contributed by atoms with Crippen LogP contribution in [0.1, 0.15) is 12.8 Å². The minimum absolute atomic E-state index is 0.157. The Kier molecular flexibility index (Phi) is 11.3. The van der Waals surface area contributed by atoms with Crippen LogP contribution < -0.4 is 11.1 Å². The predicted octanol–water partition coefficient (Wildman–Crippen LogP) is -0.480. The summed E-state index contributed by atoms with van der Waals surface area (Å²) in [7, 11) is 3.11. The molecule has 0 rings (SSSR count). The van der Waals surface area contributed by atoms with Gasteiger partial charge >= 0.3 is 0 Å². The molecule has 0 saturated carbocycles. The number of rotatable bonds is 11. The van der Waals surface area contributed by atoms with Gasteiger partial charge in [0, 0.05) is 33.9 Å². The highest BCUT2D eigenvalue weighted by atomic mass is 16.5. The van der Waals surface area contributed by atoms with Crippen LogP contribution in [0, 0.1) is 0 Å². The Balaban J connectivity index is 3.30. The number of hydrogen-bond acceptors (Lipinski definition) is 5. The molecule has 0 heterocycles. The van der Waals surface area contributed by atoms with Crippen molar-refractivity contribution in [3.05, 3.63) is 0 Å². The van der Waals surface area contributed by atoms with Crippen molar-refractivity contribution < 1.29 is 19.0 Å². The van der Waals surface area contributed by atoms with Gasteiger partial charge in [-0.05, 0) is 12.8 Å². The molecule has 6 nitrogen and oxygen atoms in total. The number of amides is 1. The lowest BCUT2D eigenvalue weighted by Gasteiger charge is -2.12. The van der Waals surface area contributed by atoms with E-state index in [0.717, 1.165) is 12.8 Å². The van der Waals surface area contributed by atoms with Gasteiger partial charge < -0.3 is 25.3 Å². The summed E-state index contributed by atoms with van der Waals surface area (Å²) in [5, 5.41) is 2.76. The van der Waals surface area contributed by atoms with E-state index in [4.69, 9.17) is 19.9 Å². The summed E-state index contributed by atoms with van der Waals surface area (Å²) in [5.41, 5.74) is 5.36. The van der Waals surface area contributed by atoms with E-state index < -0.39 is 6.10 Å². The molecule has 0 spiro atoms. The molecule has 0 aromatic heterocycles. The molecule has 1 unspecified atom stereocenters. The number of nitrogens with one attached hydrogen (secondary N) is 1. The molecule has 3 N–H and O–H groups in total. The van der Waals surface area contributed by atoms with Crippen molar-refractivity contribution in [1.29, 1.82) is 0 Å². The van der Waals surface area contributed by atoms with E-state index in [1.54, 1.807) is 7.11 Å². The largest absolute Gasteiger partial charge is 0.382 e. The molecule has 0 aromatic rings. The first-order valence-electron chi connectivity index (χ1n) is 5.83. The molecule has 0 saturated heterocycles. The minimum atomic E-state index is -0.548. The van der Waals surface area contributed by atoms with Gasteiger partial charge in [0.2, 0.25) is 5.91 Å². The normalized spacial score (nSPS) is 12.4. The molecule has 1 atom stereocenters. The van der Waals surface area contributed by atoms with Crippen molar-refractivity contribution >= 4 is 5.91 Å². The summed E-state index contributed by atoms with van der Waals surface area (Å²) in [4.78, 5) is 11.4. The first kappa shape index (κ1) is 16.3. The van der Waals surface area contributed by atoms with Crippen LogP contribution in [0.2, 0.25) is 0 Å². The Labute approximate surface area is 103 Å². The first-order chi connectivity index (χ1) is 8.26. The smallest absolute Gasteiger partial charge is 0.250 e. The van der Waals surface area contributed by atoms with Gasteiger partial charge in [0.1, 0.15) is 6.10 Å². The average molecular weight is 248 g/mol. The molecule has 102 valence electrons. The molecular formula is C11H24N2O4. The molecule has 0 radical (unpaired) electrons. The summed E-state index contributed by atoms with van der Waals surface area (Å²) in [6.45, 7) is 2.73. The fourth-order valence-electron chi connectivity index (χ4n) is 1.21. The van der Waals surface area contributed by atoms with Crippen LogP contribution in [0.5, 0.6) is 0 Å². The lowest BCUT2D eigenvalue weighted by atomic mass is 10.3. The van der Waals surface area contributed by atoms with Gasteiger partial charge in [-0.15, -0.1) is 0 Å². The summed E-state index contributed by atoms with van der Waals surface area (Å²) >= 11 is 0. The van der Waals surface area contributed by atoms with Crippen LogP contribution in [0.4, 0.5) is 0 Å². The maximum Gasteiger partial charge on any atom is 0.250 e. The molecule has 0 aliphatic carbocycles.